The van der Waals surface area contributed by atoms with E-state index in [1.165, 1.54) is 24.3 Å². The largest absolute Gasteiger partial charge is 0.615 e. The minimum Gasteiger partial charge on any atom is -0.615 e. The third kappa shape index (κ3) is 9.73. The molecule has 0 saturated heterocycles. The van der Waals surface area contributed by atoms with Gasteiger partial charge in [-0.15, -0.1) is 0 Å². The number of nitrogens with zero attached hydrogens (tertiary/aromatic N) is 5. The predicted molar refractivity (Wildman–Crippen MR) is 218 cm³/mol. The first kappa shape index (κ1) is 46.3. The Kier molecular flexibility index (Phi) is 13.0. The Hall–Kier alpha value is -4.65. The summed E-state index contributed by atoms with van der Waals surface area (Å²) >= 11 is 6.36. The van der Waals surface area contributed by atoms with E-state index in [1.807, 2.05) is 0 Å². The number of alkyl halides is 8. The summed E-state index contributed by atoms with van der Waals surface area (Å²) in [6, 6.07) is 6.72. The lowest BCUT2D eigenvalue weighted by atomic mass is 9.89. The zero-order valence-corrected chi connectivity index (χ0v) is 35.7. The minimum atomic E-state index is -4.13. The Labute approximate surface area is 366 Å². The number of nitrogens with one attached hydrogen (secondary N) is 2. The number of halogens is 11. The fourth-order valence-electron chi connectivity index (χ4n) is 7.52. The number of hydrogen-bond acceptors (Lipinski definition) is 7. The molecule has 1 amide bonds. The van der Waals surface area contributed by atoms with Crippen LogP contribution in [0.3, 0.4) is 0 Å². The number of anilines is 1. The van der Waals surface area contributed by atoms with Crippen molar-refractivity contribution in [1.82, 2.24) is 29.9 Å². The van der Waals surface area contributed by atoms with Gasteiger partial charge in [0.2, 0.25) is 5.91 Å². The number of carbonyl (C=O) groups is 1. The van der Waals surface area contributed by atoms with E-state index in [2.05, 4.69) is 32.1 Å². The quantitative estimate of drug-likeness (QED) is 0.0494. The Balaban J connectivity index is 1.42. The van der Waals surface area contributed by atoms with Crippen molar-refractivity contribution in [3.8, 4) is 23.0 Å². The maximum Gasteiger partial charge on any atom is 0.290 e. The summed E-state index contributed by atoms with van der Waals surface area (Å²) in [5.41, 5.74) is -4.77. The average Bonchev–Trinajstić information content (AvgIpc) is 3.87. The summed E-state index contributed by atoms with van der Waals surface area (Å²) in [6.45, 7) is 1.13. The van der Waals surface area contributed by atoms with Crippen molar-refractivity contribution in [2.45, 2.75) is 99.8 Å². The summed E-state index contributed by atoms with van der Waals surface area (Å²) in [7, 11) is 0. The van der Waals surface area contributed by atoms with Crippen molar-refractivity contribution < 1.29 is 53.3 Å². The normalized spacial score (nSPS) is 16.8. The Morgan fingerprint density at radius 3 is 2.29 bits per heavy atom. The summed E-state index contributed by atoms with van der Waals surface area (Å²) < 4.78 is 163. The molecule has 0 radical (unpaired) electrons. The lowest BCUT2D eigenvalue weighted by molar-refractivity contribution is -0.123. The molecule has 9 nitrogen and oxygen atoms in total. The number of amides is 1. The van der Waals surface area contributed by atoms with Crippen LogP contribution >= 0.6 is 23.5 Å². The van der Waals surface area contributed by atoms with Gasteiger partial charge in [-0.1, -0.05) is 29.6 Å². The van der Waals surface area contributed by atoms with Gasteiger partial charge in [-0.05, 0) is 92.0 Å². The molecule has 63 heavy (non-hydrogen) atoms. The van der Waals surface area contributed by atoms with Gasteiger partial charge in [0.15, 0.2) is 10.6 Å². The van der Waals surface area contributed by atoms with E-state index in [-0.39, 0.29) is 59.8 Å². The molecule has 22 heteroatoms. The van der Waals surface area contributed by atoms with Crippen molar-refractivity contribution in [2.24, 2.45) is 0 Å². The number of aromatic nitrogens is 5. The highest BCUT2D eigenvalue weighted by molar-refractivity contribution is 7.99. The Bertz CT molecular complexity index is 2610. The standard InChI is InChI=1S/C41H36ClF10N7O2S2/c1-39(2,63(61)24-5-6-24)11-10-23-4-7-25(26-8-9-27(42)31-35(26)58(18-29(45)46)56-38(31)57-62-3)33(53-23)28(16-20-14-21(43)17-22(44)15-20)54-30(60)19-59-36-32(34(55-59)37(47)48)40(49,50)12-13-41(36,51)52/h4,7-9,14-15,17,24,28-29,37H,5-6,12-13,16,18-19H2,1-3H3,(H,54,60)(H,56,57). The van der Waals surface area contributed by atoms with Gasteiger partial charge >= 0.3 is 0 Å². The molecular weight excluding hydrogens is 912 g/mol. The average molecular weight is 948 g/mol. The Morgan fingerprint density at radius 2 is 1.65 bits per heavy atom. The lowest BCUT2D eigenvalue weighted by Crippen LogP contribution is -2.37. The molecule has 0 bridgehead atoms. The van der Waals surface area contributed by atoms with Gasteiger partial charge in [0.1, 0.15) is 47.1 Å². The monoisotopic (exact) mass is 947 g/mol. The first-order chi connectivity index (χ1) is 29.6. The van der Waals surface area contributed by atoms with Crippen molar-refractivity contribution in [2.75, 3.05) is 11.0 Å². The van der Waals surface area contributed by atoms with Crippen LogP contribution in [0, 0.1) is 23.5 Å². The highest BCUT2D eigenvalue weighted by atomic mass is 35.5. The number of carbonyl (C=O) groups excluding carboxylic acids is 1. The molecule has 1 saturated carbocycles. The van der Waals surface area contributed by atoms with E-state index in [9.17, 15) is 35.7 Å². The van der Waals surface area contributed by atoms with E-state index < -0.39 is 114 Å². The molecule has 3 heterocycles. The molecule has 0 spiro atoms. The maximum absolute atomic E-state index is 15.3. The highest BCUT2D eigenvalue weighted by Gasteiger charge is 2.55. The van der Waals surface area contributed by atoms with Crippen molar-refractivity contribution in [3.63, 3.8) is 0 Å². The molecule has 7 rings (SSSR count). The Morgan fingerprint density at radius 1 is 0.984 bits per heavy atom. The highest BCUT2D eigenvalue weighted by Crippen LogP contribution is 2.52. The molecule has 2 N–H and O–H groups in total. The van der Waals surface area contributed by atoms with E-state index in [0.717, 1.165) is 41.6 Å². The second-order valence-corrected chi connectivity index (χ2v) is 18.8. The third-order valence-corrected chi connectivity index (χ3v) is 13.3. The van der Waals surface area contributed by atoms with Crippen LogP contribution in [0.25, 0.3) is 22.0 Å². The van der Waals surface area contributed by atoms with Gasteiger partial charge in [0.05, 0.1) is 33.2 Å². The van der Waals surface area contributed by atoms with Gasteiger partial charge in [0, 0.05) is 36.3 Å². The van der Waals surface area contributed by atoms with Crippen LogP contribution in [0.4, 0.5) is 49.7 Å². The zero-order chi connectivity index (χ0) is 45.8. The van der Waals surface area contributed by atoms with Crippen molar-refractivity contribution in [1.29, 1.82) is 0 Å². The fraction of sp³-hybridized carbons (Fsp3) is 0.415. The summed E-state index contributed by atoms with van der Waals surface area (Å²) in [6.07, 6.45) is -6.86. The van der Waals surface area contributed by atoms with Gasteiger partial charge in [0.25, 0.3) is 24.7 Å². The molecule has 5 aromatic rings. The minimum absolute atomic E-state index is 0.0138. The van der Waals surface area contributed by atoms with Crippen LogP contribution in [0.1, 0.15) is 85.9 Å². The number of rotatable bonds is 14. The number of benzene rings is 2. The van der Waals surface area contributed by atoms with Crippen LogP contribution in [-0.2, 0) is 47.3 Å². The van der Waals surface area contributed by atoms with Crippen LogP contribution in [-0.4, -0.2) is 57.7 Å². The molecule has 336 valence electrons. The van der Waals surface area contributed by atoms with Gasteiger partial charge in [-0.2, -0.15) is 19.0 Å². The van der Waals surface area contributed by atoms with Gasteiger partial charge in [-0.25, -0.2) is 40.1 Å². The predicted octanol–water partition coefficient (Wildman–Crippen LogP) is 10.2. The molecule has 2 aliphatic carbocycles. The van der Waals surface area contributed by atoms with Gasteiger partial charge < -0.3 is 14.6 Å². The number of fused-ring (bicyclic) bond motifs is 2. The van der Waals surface area contributed by atoms with E-state index in [1.54, 1.807) is 20.1 Å². The molecule has 2 unspecified atom stereocenters. The molecule has 1 fully saturated rings. The van der Waals surface area contributed by atoms with Gasteiger partial charge in [-0.3, -0.25) is 14.2 Å². The second kappa shape index (κ2) is 17.7. The lowest BCUT2D eigenvalue weighted by Gasteiger charge is -2.29. The number of pyridine rings is 1. The molecule has 2 aliphatic rings. The fourth-order valence-corrected chi connectivity index (χ4v) is 9.65. The first-order valence-electron chi connectivity index (χ1n) is 19.2. The van der Waals surface area contributed by atoms with Crippen molar-refractivity contribution in [3.05, 3.63) is 93.0 Å². The SMILES string of the molecule is CSNc1nn(CC(F)F)c2c(-c3ccc(C#CC(C)(C)[S+]([O-])C4CC4)nc3C(Cc3cc(F)cc(F)c3)NC(=O)Cn3nc(C(F)F)c4c3C(F)(F)CCC4(F)F)ccc(Cl)c12. The van der Waals surface area contributed by atoms with Crippen LogP contribution in [0.2, 0.25) is 5.02 Å². The summed E-state index contributed by atoms with van der Waals surface area (Å²) in [5.74, 6) is -5.56. The molecule has 2 aromatic carbocycles. The van der Waals surface area contributed by atoms with E-state index >= 15 is 17.6 Å². The maximum atomic E-state index is 15.3. The molecule has 3 aromatic heterocycles. The topological polar surface area (TPSA) is 113 Å². The van der Waals surface area contributed by atoms with Crippen LogP contribution in [0.5, 0.6) is 0 Å². The number of hydrogen-bond donors (Lipinski definition) is 2. The first-order valence-corrected chi connectivity index (χ1v) is 22.0. The van der Waals surface area contributed by atoms with Crippen molar-refractivity contribution >= 4 is 57.4 Å². The third-order valence-electron chi connectivity index (χ3n) is 10.4. The molecule has 0 aliphatic heterocycles. The van der Waals surface area contributed by atoms with E-state index in [0.29, 0.717) is 6.07 Å². The second-order valence-electron chi connectivity index (χ2n) is 15.5. The van der Waals surface area contributed by atoms with Crippen LogP contribution < -0.4 is 10.0 Å². The smallest absolute Gasteiger partial charge is 0.290 e. The molecular formula is C41H36ClF10N7O2S2. The van der Waals surface area contributed by atoms with Crippen LogP contribution in [0.15, 0.2) is 42.5 Å². The summed E-state index contributed by atoms with van der Waals surface area (Å²) in [4.78, 5) is 18.8. The molecule has 2 atom stereocenters. The van der Waals surface area contributed by atoms with E-state index in [4.69, 9.17) is 16.6 Å². The summed E-state index contributed by atoms with van der Waals surface area (Å²) in [5, 5.41) is 10.5. The zero-order valence-electron chi connectivity index (χ0n) is 33.3.